The van der Waals surface area contributed by atoms with Crippen molar-refractivity contribution in [1.29, 1.82) is 0 Å². The summed E-state index contributed by atoms with van der Waals surface area (Å²) in [6, 6.07) is -1.04. The van der Waals surface area contributed by atoms with Gasteiger partial charge < -0.3 is 5.11 Å². The van der Waals surface area contributed by atoms with Crippen molar-refractivity contribution in [2.75, 3.05) is 7.05 Å². The van der Waals surface area contributed by atoms with Crippen molar-refractivity contribution < 1.29 is 18.3 Å². The number of rotatable bonds is 3. The van der Waals surface area contributed by atoms with Gasteiger partial charge in [0.15, 0.2) is 0 Å². The molecule has 0 spiro atoms. The van der Waals surface area contributed by atoms with E-state index in [4.69, 9.17) is 5.11 Å². The lowest BCUT2D eigenvalue weighted by Gasteiger charge is -2.31. The summed E-state index contributed by atoms with van der Waals surface area (Å²) in [5.74, 6) is -0.841. The first-order valence-corrected chi connectivity index (χ1v) is 7.36. The number of fused-ring (bicyclic) bond motifs is 1. The number of carboxylic acids is 1. The lowest BCUT2D eigenvalue weighted by Crippen LogP contribution is -2.50. The molecule has 3 atom stereocenters. The molecule has 98 valence electrons. The number of nitrogens with zero attached hydrogens (tertiary/aromatic N) is 1. The number of aliphatic carboxylic acids is 1. The Bertz CT molecular complexity index is 409. The maximum absolute atomic E-state index is 11.9. The molecule has 1 saturated heterocycles. The highest BCUT2D eigenvalue weighted by molar-refractivity contribution is 7.87. The number of nitrogens with one attached hydrogen (secondary N) is 1. The Labute approximate surface area is 101 Å². The second-order valence-electron chi connectivity index (χ2n) is 4.74. The van der Waals surface area contributed by atoms with Crippen LogP contribution in [0.1, 0.15) is 32.1 Å². The lowest BCUT2D eigenvalue weighted by atomic mass is 9.85. The van der Waals surface area contributed by atoms with E-state index in [9.17, 15) is 13.2 Å². The summed E-state index contributed by atoms with van der Waals surface area (Å²) in [5, 5.41) is 9.16. The predicted molar refractivity (Wildman–Crippen MR) is 61.6 cm³/mol. The highest BCUT2D eigenvalue weighted by atomic mass is 32.2. The maximum atomic E-state index is 11.9. The van der Waals surface area contributed by atoms with E-state index in [1.807, 2.05) is 0 Å². The molecule has 0 radical (unpaired) electrons. The molecule has 2 N–H and O–H groups in total. The van der Waals surface area contributed by atoms with Gasteiger partial charge >= 0.3 is 5.97 Å². The summed E-state index contributed by atoms with van der Waals surface area (Å²) in [6.45, 7) is 0. The smallest absolute Gasteiger partial charge is 0.322 e. The highest BCUT2D eigenvalue weighted by Crippen LogP contribution is 2.40. The molecule has 1 heterocycles. The van der Waals surface area contributed by atoms with Crippen LogP contribution in [0.3, 0.4) is 0 Å². The molecule has 0 aromatic rings. The van der Waals surface area contributed by atoms with Crippen LogP contribution in [-0.4, -0.2) is 42.9 Å². The van der Waals surface area contributed by atoms with Crippen LogP contribution in [0.25, 0.3) is 0 Å². The minimum Gasteiger partial charge on any atom is -0.480 e. The Morgan fingerprint density at radius 1 is 1.35 bits per heavy atom. The molecule has 0 amide bonds. The van der Waals surface area contributed by atoms with Gasteiger partial charge in [-0.15, -0.1) is 0 Å². The van der Waals surface area contributed by atoms with E-state index >= 15 is 0 Å². The largest absolute Gasteiger partial charge is 0.480 e. The fourth-order valence-corrected chi connectivity index (χ4v) is 4.44. The van der Waals surface area contributed by atoms with Gasteiger partial charge in [0.2, 0.25) is 0 Å². The van der Waals surface area contributed by atoms with E-state index in [1.54, 1.807) is 0 Å². The van der Waals surface area contributed by atoms with Crippen molar-refractivity contribution in [3.8, 4) is 0 Å². The molecule has 1 aliphatic heterocycles. The van der Waals surface area contributed by atoms with Crippen LogP contribution >= 0.6 is 0 Å². The van der Waals surface area contributed by atoms with Crippen molar-refractivity contribution in [2.24, 2.45) is 5.92 Å². The quantitative estimate of drug-likeness (QED) is 0.759. The van der Waals surface area contributed by atoms with Crippen LogP contribution in [0.4, 0.5) is 0 Å². The van der Waals surface area contributed by atoms with Gasteiger partial charge in [0, 0.05) is 13.1 Å². The molecule has 3 unspecified atom stereocenters. The van der Waals surface area contributed by atoms with Crippen LogP contribution in [-0.2, 0) is 15.0 Å². The Balaban J connectivity index is 2.33. The molecule has 2 aliphatic rings. The van der Waals surface area contributed by atoms with Crippen LogP contribution in [0.5, 0.6) is 0 Å². The molecule has 17 heavy (non-hydrogen) atoms. The van der Waals surface area contributed by atoms with Crippen molar-refractivity contribution in [3.63, 3.8) is 0 Å². The summed E-state index contributed by atoms with van der Waals surface area (Å²) < 4.78 is 27.3. The Morgan fingerprint density at radius 2 is 2.00 bits per heavy atom. The standard InChI is InChI=1S/C10H18N2O4S/c1-11-17(15,16)12-8-5-3-2-4-7(8)6-9(12)10(13)14/h7-9,11H,2-6H2,1H3,(H,13,14). The number of carbonyl (C=O) groups is 1. The van der Waals surface area contributed by atoms with Crippen LogP contribution in [0.15, 0.2) is 0 Å². The molecule has 7 heteroatoms. The summed E-state index contributed by atoms with van der Waals surface area (Å²) >= 11 is 0. The van der Waals surface area contributed by atoms with Gasteiger partial charge in [-0.05, 0) is 25.2 Å². The third-order valence-corrected chi connectivity index (χ3v) is 5.45. The van der Waals surface area contributed by atoms with Crippen molar-refractivity contribution in [2.45, 2.75) is 44.2 Å². The van der Waals surface area contributed by atoms with Crippen molar-refractivity contribution in [1.82, 2.24) is 9.03 Å². The van der Waals surface area contributed by atoms with Crippen molar-refractivity contribution in [3.05, 3.63) is 0 Å². The van der Waals surface area contributed by atoms with Crippen LogP contribution in [0.2, 0.25) is 0 Å². The van der Waals surface area contributed by atoms with E-state index in [1.165, 1.54) is 11.4 Å². The molecule has 2 rings (SSSR count). The fourth-order valence-electron chi connectivity index (χ4n) is 3.08. The number of carboxylic acid groups (broad SMARTS) is 1. The van der Waals surface area contributed by atoms with Gasteiger partial charge in [0.05, 0.1) is 0 Å². The summed E-state index contributed by atoms with van der Waals surface area (Å²) in [6.07, 6.45) is 4.20. The monoisotopic (exact) mass is 262 g/mol. The third-order valence-electron chi connectivity index (χ3n) is 3.85. The minimum absolute atomic E-state index is 0.137. The Hall–Kier alpha value is -0.660. The van der Waals surface area contributed by atoms with Gasteiger partial charge in [-0.3, -0.25) is 4.79 Å². The maximum Gasteiger partial charge on any atom is 0.322 e. The minimum atomic E-state index is -3.66. The molecule has 0 bridgehead atoms. The molecule has 2 fully saturated rings. The van der Waals surface area contributed by atoms with E-state index in [0.29, 0.717) is 6.42 Å². The molecule has 0 aromatic carbocycles. The first-order chi connectivity index (χ1) is 7.97. The van der Waals surface area contributed by atoms with Gasteiger partial charge in [0.1, 0.15) is 6.04 Å². The highest BCUT2D eigenvalue weighted by Gasteiger charge is 2.50. The van der Waals surface area contributed by atoms with E-state index in [2.05, 4.69) is 4.72 Å². The molecular weight excluding hydrogens is 244 g/mol. The van der Waals surface area contributed by atoms with Crippen molar-refractivity contribution >= 4 is 16.2 Å². The summed E-state index contributed by atoms with van der Waals surface area (Å²) in [5.41, 5.74) is 0. The molecular formula is C10H18N2O4S. The topological polar surface area (TPSA) is 86.7 Å². The fraction of sp³-hybridized carbons (Fsp3) is 0.900. The van der Waals surface area contributed by atoms with E-state index < -0.39 is 22.2 Å². The third kappa shape index (κ3) is 2.19. The first kappa shape index (κ1) is 12.8. The van der Waals surface area contributed by atoms with Crippen LogP contribution in [0, 0.1) is 5.92 Å². The van der Waals surface area contributed by atoms with E-state index in [0.717, 1.165) is 25.7 Å². The molecule has 0 aromatic heterocycles. The van der Waals surface area contributed by atoms with Gasteiger partial charge in [-0.2, -0.15) is 12.7 Å². The summed E-state index contributed by atoms with van der Waals surface area (Å²) in [4.78, 5) is 11.2. The second kappa shape index (κ2) is 4.55. The van der Waals surface area contributed by atoms with Gasteiger partial charge in [0.25, 0.3) is 10.2 Å². The lowest BCUT2D eigenvalue weighted by molar-refractivity contribution is -0.141. The average Bonchev–Trinajstić information content (AvgIpc) is 2.69. The normalized spacial score (nSPS) is 34.5. The van der Waals surface area contributed by atoms with Gasteiger partial charge in [-0.1, -0.05) is 12.8 Å². The predicted octanol–water partition coefficient (Wildman–Crippen LogP) is 0.168. The molecule has 6 nitrogen and oxygen atoms in total. The van der Waals surface area contributed by atoms with Gasteiger partial charge in [-0.25, -0.2) is 4.72 Å². The average molecular weight is 262 g/mol. The van der Waals surface area contributed by atoms with Crippen LogP contribution < -0.4 is 4.72 Å². The first-order valence-electron chi connectivity index (χ1n) is 5.92. The Morgan fingerprint density at radius 3 is 2.59 bits per heavy atom. The zero-order chi connectivity index (χ0) is 12.6. The zero-order valence-electron chi connectivity index (χ0n) is 9.80. The second-order valence-corrected chi connectivity index (χ2v) is 6.52. The zero-order valence-corrected chi connectivity index (χ0v) is 10.6. The SMILES string of the molecule is CNS(=O)(=O)N1C(C(=O)O)CC2CCCCC21. The summed E-state index contributed by atoms with van der Waals surface area (Å²) in [7, 11) is -2.34. The number of hydrogen-bond donors (Lipinski definition) is 2. The Kier molecular flexibility index (Phi) is 3.42. The van der Waals surface area contributed by atoms with E-state index in [-0.39, 0.29) is 12.0 Å². The number of hydrogen-bond acceptors (Lipinski definition) is 3. The molecule has 1 aliphatic carbocycles. The molecule has 1 saturated carbocycles.